The molecule has 1 atom stereocenters. The number of aromatic nitrogens is 3. The summed E-state index contributed by atoms with van der Waals surface area (Å²) in [4.78, 5) is 9.19. The maximum absolute atomic E-state index is 6.16. The molecule has 5 nitrogen and oxygen atoms in total. The molecule has 1 aromatic carbocycles. The van der Waals surface area contributed by atoms with Crippen molar-refractivity contribution in [3.05, 3.63) is 30.1 Å². The minimum atomic E-state index is 0.213. The van der Waals surface area contributed by atoms with Crippen LogP contribution in [0.5, 0.6) is 0 Å². The second-order valence-corrected chi connectivity index (χ2v) is 6.21. The monoisotopic (exact) mass is 312 g/mol. The fourth-order valence-electron chi connectivity index (χ4n) is 3.14. The van der Waals surface area contributed by atoms with E-state index in [1.807, 2.05) is 32.0 Å². The molecule has 0 fully saturated rings. The van der Waals surface area contributed by atoms with Crippen molar-refractivity contribution in [1.82, 2.24) is 14.5 Å². The molecule has 0 unspecified atom stereocenters. The number of para-hydroxylation sites is 1. The zero-order valence-electron chi connectivity index (χ0n) is 14.2. The third-order valence-electron chi connectivity index (χ3n) is 4.32. The molecule has 3 rings (SSSR count). The minimum Gasteiger partial charge on any atom is -0.382 e. The largest absolute Gasteiger partial charge is 0.382 e. The van der Waals surface area contributed by atoms with Crippen molar-refractivity contribution in [1.29, 1.82) is 0 Å². The first-order valence-electron chi connectivity index (χ1n) is 8.15. The molecule has 0 bridgehead atoms. The molecule has 5 heteroatoms. The average Bonchev–Trinajstić information content (AvgIpc) is 2.86. The molecule has 3 aromatic rings. The van der Waals surface area contributed by atoms with Gasteiger partial charge in [0.25, 0.3) is 0 Å². The fourth-order valence-corrected chi connectivity index (χ4v) is 3.14. The average molecular weight is 312 g/mol. The van der Waals surface area contributed by atoms with E-state index < -0.39 is 0 Å². The number of fused-ring (bicyclic) bond motifs is 3. The Morgan fingerprint density at radius 1 is 1.22 bits per heavy atom. The summed E-state index contributed by atoms with van der Waals surface area (Å²) < 4.78 is 8.01. The summed E-state index contributed by atoms with van der Waals surface area (Å²) >= 11 is 0. The van der Waals surface area contributed by atoms with Gasteiger partial charge in [-0.2, -0.15) is 0 Å². The SMILES string of the molecule is CCOC[C@H](C(C)C)n1c(C)nc2c(N)nc3ccccc3c21. The number of aryl methyl sites for hydroxylation is 1. The zero-order valence-corrected chi connectivity index (χ0v) is 14.2. The topological polar surface area (TPSA) is 66.0 Å². The van der Waals surface area contributed by atoms with Crippen LogP contribution in [0.1, 0.15) is 32.6 Å². The number of ether oxygens (including phenoxy) is 1. The van der Waals surface area contributed by atoms with E-state index in [4.69, 9.17) is 15.5 Å². The van der Waals surface area contributed by atoms with Crippen LogP contribution in [-0.2, 0) is 4.74 Å². The standard InChI is InChI=1S/C18H24N4O/c1-5-23-10-15(11(2)3)22-12(4)20-16-17(22)13-8-6-7-9-14(13)21-18(16)19/h6-9,11,15H,5,10H2,1-4H3,(H2,19,21)/t15-/m1/s1. The zero-order chi connectivity index (χ0) is 16.6. The molecule has 0 aliphatic carbocycles. The highest BCUT2D eigenvalue weighted by molar-refractivity contribution is 6.06. The van der Waals surface area contributed by atoms with Gasteiger partial charge in [-0.15, -0.1) is 0 Å². The second kappa shape index (κ2) is 6.16. The number of hydrogen-bond donors (Lipinski definition) is 1. The third-order valence-corrected chi connectivity index (χ3v) is 4.32. The van der Waals surface area contributed by atoms with E-state index in [0.717, 1.165) is 27.8 Å². The van der Waals surface area contributed by atoms with E-state index in [-0.39, 0.29) is 6.04 Å². The van der Waals surface area contributed by atoms with Gasteiger partial charge in [-0.3, -0.25) is 0 Å². The van der Waals surface area contributed by atoms with Crippen molar-refractivity contribution in [3.8, 4) is 0 Å². The highest BCUT2D eigenvalue weighted by Gasteiger charge is 2.23. The van der Waals surface area contributed by atoms with Crippen LogP contribution >= 0.6 is 0 Å². The van der Waals surface area contributed by atoms with Crippen molar-refractivity contribution in [3.63, 3.8) is 0 Å². The number of rotatable bonds is 5. The van der Waals surface area contributed by atoms with Crippen LogP contribution in [0.25, 0.3) is 21.9 Å². The highest BCUT2D eigenvalue weighted by Crippen LogP contribution is 2.33. The van der Waals surface area contributed by atoms with E-state index in [9.17, 15) is 0 Å². The van der Waals surface area contributed by atoms with Gasteiger partial charge in [-0.05, 0) is 25.8 Å². The molecule has 0 radical (unpaired) electrons. The highest BCUT2D eigenvalue weighted by atomic mass is 16.5. The van der Waals surface area contributed by atoms with Gasteiger partial charge in [-0.25, -0.2) is 9.97 Å². The lowest BCUT2D eigenvalue weighted by atomic mass is 10.0. The van der Waals surface area contributed by atoms with Crippen LogP contribution in [0.4, 0.5) is 5.82 Å². The maximum atomic E-state index is 6.16. The fraction of sp³-hybridized carbons (Fsp3) is 0.444. The summed E-state index contributed by atoms with van der Waals surface area (Å²) in [5, 5.41) is 1.08. The lowest BCUT2D eigenvalue weighted by Gasteiger charge is -2.25. The van der Waals surface area contributed by atoms with E-state index in [1.54, 1.807) is 0 Å². The van der Waals surface area contributed by atoms with Crippen LogP contribution < -0.4 is 5.73 Å². The van der Waals surface area contributed by atoms with Crippen molar-refractivity contribution in [2.24, 2.45) is 5.92 Å². The Labute approximate surface area is 136 Å². The van der Waals surface area contributed by atoms with Crippen LogP contribution in [-0.4, -0.2) is 27.7 Å². The molecule has 0 aliphatic rings. The number of nitrogen functional groups attached to an aromatic ring is 1. The number of anilines is 1. The summed E-state index contributed by atoms with van der Waals surface area (Å²) in [5.74, 6) is 1.86. The van der Waals surface area contributed by atoms with E-state index >= 15 is 0 Å². The lowest BCUT2D eigenvalue weighted by Crippen LogP contribution is -2.22. The van der Waals surface area contributed by atoms with Gasteiger partial charge in [0.05, 0.1) is 23.7 Å². The summed E-state index contributed by atoms with van der Waals surface area (Å²) in [6, 6.07) is 8.29. The molecular formula is C18H24N4O. The van der Waals surface area contributed by atoms with E-state index in [2.05, 4.69) is 29.5 Å². The summed E-state index contributed by atoms with van der Waals surface area (Å²) in [6.07, 6.45) is 0. The van der Waals surface area contributed by atoms with Crippen molar-refractivity contribution in [2.75, 3.05) is 18.9 Å². The van der Waals surface area contributed by atoms with Crippen molar-refractivity contribution >= 4 is 27.8 Å². The number of benzene rings is 1. The lowest BCUT2D eigenvalue weighted by molar-refractivity contribution is 0.0972. The Hall–Kier alpha value is -2.14. The quantitative estimate of drug-likeness (QED) is 0.780. The van der Waals surface area contributed by atoms with Gasteiger partial charge >= 0.3 is 0 Å². The normalized spacial score (nSPS) is 13.3. The first-order valence-corrected chi connectivity index (χ1v) is 8.15. The predicted molar refractivity (Wildman–Crippen MR) is 94.6 cm³/mol. The Kier molecular flexibility index (Phi) is 4.22. The number of pyridine rings is 1. The smallest absolute Gasteiger partial charge is 0.152 e. The number of hydrogen-bond acceptors (Lipinski definition) is 4. The van der Waals surface area contributed by atoms with Crippen LogP contribution in [0, 0.1) is 12.8 Å². The van der Waals surface area contributed by atoms with Gasteiger partial charge < -0.3 is 15.0 Å². The van der Waals surface area contributed by atoms with Gasteiger partial charge in [0, 0.05) is 12.0 Å². The maximum Gasteiger partial charge on any atom is 0.152 e. The Bertz CT molecular complexity index is 838. The van der Waals surface area contributed by atoms with Crippen molar-refractivity contribution < 1.29 is 4.74 Å². The number of imidazole rings is 1. The Morgan fingerprint density at radius 2 is 1.96 bits per heavy atom. The summed E-state index contributed by atoms with van der Waals surface area (Å²) in [6.45, 7) is 9.84. The molecule has 2 aromatic heterocycles. The molecule has 0 spiro atoms. The van der Waals surface area contributed by atoms with Crippen LogP contribution in [0.3, 0.4) is 0 Å². The molecule has 2 heterocycles. The van der Waals surface area contributed by atoms with Gasteiger partial charge in [0.2, 0.25) is 0 Å². The summed E-state index contributed by atoms with van der Waals surface area (Å²) in [7, 11) is 0. The summed E-state index contributed by atoms with van der Waals surface area (Å²) in [5.41, 5.74) is 8.90. The van der Waals surface area contributed by atoms with E-state index in [1.165, 1.54) is 0 Å². The van der Waals surface area contributed by atoms with Crippen LogP contribution in [0.2, 0.25) is 0 Å². The van der Waals surface area contributed by atoms with Gasteiger partial charge in [-0.1, -0.05) is 32.0 Å². The first-order chi connectivity index (χ1) is 11.0. The molecule has 0 aliphatic heterocycles. The number of nitrogens with zero attached hydrogens (tertiary/aromatic N) is 3. The van der Waals surface area contributed by atoms with Crippen LogP contribution in [0.15, 0.2) is 24.3 Å². The predicted octanol–water partition coefficient (Wildman–Crippen LogP) is 3.71. The molecule has 0 saturated heterocycles. The van der Waals surface area contributed by atoms with Gasteiger partial charge in [0.15, 0.2) is 5.82 Å². The molecule has 2 N–H and O–H groups in total. The molecule has 0 amide bonds. The Balaban J connectivity index is 2.33. The minimum absolute atomic E-state index is 0.213. The third kappa shape index (κ3) is 2.65. The second-order valence-electron chi connectivity index (χ2n) is 6.21. The first kappa shape index (κ1) is 15.7. The van der Waals surface area contributed by atoms with Crippen molar-refractivity contribution in [2.45, 2.75) is 33.7 Å². The Morgan fingerprint density at radius 3 is 2.65 bits per heavy atom. The molecule has 122 valence electrons. The van der Waals surface area contributed by atoms with E-state index in [0.29, 0.717) is 24.9 Å². The van der Waals surface area contributed by atoms with Gasteiger partial charge in [0.1, 0.15) is 11.3 Å². The molecule has 23 heavy (non-hydrogen) atoms. The number of nitrogens with two attached hydrogens (primary N) is 1. The molecular weight excluding hydrogens is 288 g/mol. The molecule has 0 saturated carbocycles.